The number of rotatable bonds is 3. The molecule has 0 heterocycles. The molecular formula is C9H7ClO3S. The maximum absolute atomic E-state index is 11.4. The van der Waals surface area contributed by atoms with E-state index in [1.807, 2.05) is 0 Å². The second kappa shape index (κ2) is 4.93. The van der Waals surface area contributed by atoms with Gasteiger partial charge in [-0.3, -0.25) is 0 Å². The molecule has 0 aromatic heterocycles. The molecule has 0 radical (unpaired) electrons. The van der Waals surface area contributed by atoms with Crippen LogP contribution in [0.25, 0.3) is 0 Å². The van der Waals surface area contributed by atoms with Crippen molar-refractivity contribution in [2.45, 2.75) is 4.90 Å². The van der Waals surface area contributed by atoms with Crippen molar-refractivity contribution in [2.75, 3.05) is 0 Å². The highest BCUT2D eigenvalue weighted by atomic mass is 35.5. The number of carboxylic acid groups (broad SMARTS) is 1. The van der Waals surface area contributed by atoms with Crippen LogP contribution in [0, 0.1) is 0 Å². The van der Waals surface area contributed by atoms with Crippen LogP contribution < -0.4 is 0 Å². The van der Waals surface area contributed by atoms with Gasteiger partial charge < -0.3 is 5.11 Å². The van der Waals surface area contributed by atoms with Crippen LogP contribution >= 0.6 is 11.6 Å². The van der Waals surface area contributed by atoms with Crippen molar-refractivity contribution in [2.24, 2.45) is 0 Å². The van der Waals surface area contributed by atoms with Crippen molar-refractivity contribution in [3.8, 4) is 0 Å². The Hall–Kier alpha value is -1.13. The highest BCUT2D eigenvalue weighted by Crippen LogP contribution is 2.13. The molecule has 0 spiro atoms. The lowest BCUT2D eigenvalue weighted by Crippen LogP contribution is -1.90. The lowest BCUT2D eigenvalue weighted by atomic mass is 10.4. The van der Waals surface area contributed by atoms with Crippen LogP contribution in [-0.4, -0.2) is 15.3 Å². The van der Waals surface area contributed by atoms with E-state index in [2.05, 4.69) is 0 Å². The van der Waals surface area contributed by atoms with Gasteiger partial charge in [-0.05, 0) is 24.3 Å². The second-order valence-corrected chi connectivity index (χ2v) is 4.17. The summed E-state index contributed by atoms with van der Waals surface area (Å²) in [5.74, 6) is -1.12. The van der Waals surface area contributed by atoms with Crippen molar-refractivity contribution >= 4 is 28.4 Å². The zero-order valence-corrected chi connectivity index (χ0v) is 8.59. The zero-order valence-electron chi connectivity index (χ0n) is 7.01. The van der Waals surface area contributed by atoms with E-state index in [4.69, 9.17) is 16.7 Å². The van der Waals surface area contributed by atoms with Crippen LogP contribution in [0.1, 0.15) is 0 Å². The zero-order chi connectivity index (χ0) is 10.6. The molecule has 1 rings (SSSR count). The summed E-state index contributed by atoms with van der Waals surface area (Å²) in [4.78, 5) is 10.7. The summed E-state index contributed by atoms with van der Waals surface area (Å²) in [6.45, 7) is 0. The molecule has 3 nitrogen and oxygen atoms in total. The molecule has 5 heteroatoms. The minimum absolute atomic E-state index is 0.520. The Morgan fingerprint density at radius 1 is 1.36 bits per heavy atom. The monoisotopic (exact) mass is 230 g/mol. The molecule has 1 N–H and O–H groups in total. The van der Waals surface area contributed by atoms with Crippen molar-refractivity contribution in [3.63, 3.8) is 0 Å². The number of halogens is 1. The summed E-state index contributed by atoms with van der Waals surface area (Å²) in [5.41, 5.74) is 0. The molecule has 14 heavy (non-hydrogen) atoms. The van der Waals surface area contributed by atoms with Crippen molar-refractivity contribution in [3.05, 3.63) is 40.8 Å². The van der Waals surface area contributed by atoms with Crippen LogP contribution in [0.3, 0.4) is 0 Å². The first-order valence-corrected chi connectivity index (χ1v) is 5.26. The van der Waals surface area contributed by atoms with Gasteiger partial charge in [-0.15, -0.1) is 0 Å². The Morgan fingerprint density at radius 3 is 2.43 bits per heavy atom. The number of hydrogen-bond acceptors (Lipinski definition) is 2. The Morgan fingerprint density at radius 2 is 1.93 bits per heavy atom. The fraction of sp³-hybridized carbons (Fsp3) is 0. The third-order valence-electron chi connectivity index (χ3n) is 1.38. The quantitative estimate of drug-likeness (QED) is 0.809. The molecule has 0 fully saturated rings. The molecule has 0 aliphatic rings. The number of hydrogen-bond donors (Lipinski definition) is 1. The van der Waals surface area contributed by atoms with E-state index in [1.54, 1.807) is 24.3 Å². The standard InChI is InChI=1S/C9H7ClO3S/c10-7-1-3-8(4-2-7)14(13)6-5-9(11)12/h1-6H,(H,11,12)/b6-5-. The predicted molar refractivity (Wildman–Crippen MR) is 54.6 cm³/mol. The predicted octanol–water partition coefficient (Wildman–Crippen LogP) is 2.05. The van der Waals surface area contributed by atoms with E-state index in [1.165, 1.54) is 0 Å². The van der Waals surface area contributed by atoms with Gasteiger partial charge in [-0.25, -0.2) is 9.00 Å². The normalized spacial score (nSPS) is 12.9. The minimum atomic E-state index is -1.43. The molecular weight excluding hydrogens is 224 g/mol. The van der Waals surface area contributed by atoms with Gasteiger partial charge in [-0.2, -0.15) is 0 Å². The minimum Gasteiger partial charge on any atom is -0.478 e. The Bertz CT molecular complexity index is 384. The molecule has 0 saturated carbocycles. The average Bonchev–Trinajstić information content (AvgIpc) is 2.15. The molecule has 1 unspecified atom stereocenters. The first kappa shape index (κ1) is 10.9. The van der Waals surface area contributed by atoms with E-state index < -0.39 is 16.8 Å². The van der Waals surface area contributed by atoms with E-state index in [0.29, 0.717) is 9.92 Å². The Kier molecular flexibility index (Phi) is 3.85. The third-order valence-corrected chi connectivity index (χ3v) is 2.75. The molecule has 1 aromatic carbocycles. The van der Waals surface area contributed by atoms with Gasteiger partial charge in [0.2, 0.25) is 0 Å². The van der Waals surface area contributed by atoms with Crippen LogP contribution in [-0.2, 0) is 15.6 Å². The van der Waals surface area contributed by atoms with Crippen molar-refractivity contribution < 1.29 is 14.1 Å². The van der Waals surface area contributed by atoms with Gasteiger partial charge in [-0.1, -0.05) is 11.6 Å². The van der Waals surface area contributed by atoms with Gasteiger partial charge >= 0.3 is 5.97 Å². The van der Waals surface area contributed by atoms with E-state index >= 15 is 0 Å². The SMILES string of the molecule is O=C(O)/C=C\S(=O)c1ccc(Cl)cc1. The van der Waals surface area contributed by atoms with Crippen molar-refractivity contribution in [1.29, 1.82) is 0 Å². The third kappa shape index (κ3) is 3.32. The molecule has 0 aliphatic carbocycles. The maximum atomic E-state index is 11.4. The second-order valence-electron chi connectivity index (χ2n) is 2.39. The smallest absolute Gasteiger partial charge is 0.328 e. The van der Waals surface area contributed by atoms with Crippen LogP contribution in [0.2, 0.25) is 5.02 Å². The molecule has 1 aromatic rings. The summed E-state index contributed by atoms with van der Waals surface area (Å²) in [7, 11) is -1.43. The summed E-state index contributed by atoms with van der Waals surface area (Å²) < 4.78 is 11.4. The fourth-order valence-electron chi connectivity index (χ4n) is 0.767. The van der Waals surface area contributed by atoms with Crippen molar-refractivity contribution in [1.82, 2.24) is 0 Å². The molecule has 0 saturated heterocycles. The van der Waals surface area contributed by atoms with Crippen LogP contribution in [0.15, 0.2) is 40.6 Å². The van der Waals surface area contributed by atoms with Gasteiger partial charge in [0.15, 0.2) is 0 Å². The lowest BCUT2D eigenvalue weighted by Gasteiger charge is -1.95. The van der Waals surface area contributed by atoms with Gasteiger partial charge in [0.05, 0.1) is 10.8 Å². The van der Waals surface area contributed by atoms with Gasteiger partial charge in [0, 0.05) is 21.4 Å². The summed E-state index contributed by atoms with van der Waals surface area (Å²) in [6, 6.07) is 6.38. The topological polar surface area (TPSA) is 54.4 Å². The number of aliphatic carboxylic acids is 1. The Labute approximate surface area is 88.5 Å². The lowest BCUT2D eigenvalue weighted by molar-refractivity contribution is -0.131. The fourth-order valence-corrected chi connectivity index (χ4v) is 1.69. The molecule has 0 amide bonds. The summed E-state index contributed by atoms with van der Waals surface area (Å²) >= 11 is 5.63. The van der Waals surface area contributed by atoms with Gasteiger partial charge in [0.1, 0.15) is 0 Å². The first-order chi connectivity index (χ1) is 6.59. The highest BCUT2D eigenvalue weighted by molar-refractivity contribution is 7.88. The first-order valence-electron chi connectivity index (χ1n) is 3.67. The van der Waals surface area contributed by atoms with Crippen LogP contribution in [0.5, 0.6) is 0 Å². The molecule has 1 atom stereocenters. The summed E-state index contributed by atoms with van der Waals surface area (Å²) in [5, 5.41) is 9.98. The van der Waals surface area contributed by atoms with E-state index in [0.717, 1.165) is 11.5 Å². The highest BCUT2D eigenvalue weighted by Gasteiger charge is 1.99. The maximum Gasteiger partial charge on any atom is 0.328 e. The van der Waals surface area contributed by atoms with Crippen LogP contribution in [0.4, 0.5) is 0 Å². The van der Waals surface area contributed by atoms with E-state index in [-0.39, 0.29) is 0 Å². The molecule has 0 aliphatic heterocycles. The molecule has 74 valence electrons. The van der Waals surface area contributed by atoms with Gasteiger partial charge in [0.25, 0.3) is 0 Å². The molecule has 0 bridgehead atoms. The Balaban J connectivity index is 2.80. The average molecular weight is 231 g/mol. The number of benzene rings is 1. The number of carbonyl (C=O) groups is 1. The summed E-state index contributed by atoms with van der Waals surface area (Å²) in [6.07, 6.45) is 0.852. The van der Waals surface area contributed by atoms with E-state index in [9.17, 15) is 9.00 Å². The largest absolute Gasteiger partial charge is 0.478 e. The number of carboxylic acids is 1.